The molecule has 2 amide bonds. The Kier molecular flexibility index (Phi) is 2.58. The van der Waals surface area contributed by atoms with Crippen LogP contribution in [0.15, 0.2) is 23.2 Å². The van der Waals surface area contributed by atoms with Crippen LogP contribution in [-0.2, 0) is 0 Å². The van der Waals surface area contributed by atoms with Gasteiger partial charge in [0.05, 0.1) is 0 Å². The number of aliphatic imine (C=N–C) groups is 1. The minimum atomic E-state index is -0.445. The van der Waals surface area contributed by atoms with Gasteiger partial charge in [-0.3, -0.25) is 0 Å². The highest BCUT2D eigenvalue weighted by atomic mass is 16.3. The monoisotopic (exact) mass is 261 g/mol. The van der Waals surface area contributed by atoms with Gasteiger partial charge in [0.2, 0.25) is 0 Å². The van der Waals surface area contributed by atoms with Crippen molar-refractivity contribution >= 4 is 11.9 Å². The number of carbonyl (C=O) groups is 1. The number of carbonyl (C=O) groups excluding carboxylic acids is 1. The van der Waals surface area contributed by atoms with Crippen molar-refractivity contribution in [1.29, 1.82) is 0 Å². The first-order chi connectivity index (χ1) is 9.06. The number of hydrogen-bond donors (Lipinski definition) is 3. The number of hydrogen-bond acceptors (Lipinski definition) is 4. The van der Waals surface area contributed by atoms with Gasteiger partial charge in [-0.05, 0) is 36.5 Å². The third-order valence-electron chi connectivity index (χ3n) is 3.53. The SMILES string of the molecule is NC1=NC(=O)N(CC2CC2)C1c1ccc(O)c(O)c1. The zero-order chi connectivity index (χ0) is 13.6. The van der Waals surface area contributed by atoms with Crippen molar-refractivity contribution in [2.75, 3.05) is 6.54 Å². The van der Waals surface area contributed by atoms with Gasteiger partial charge >= 0.3 is 6.03 Å². The highest BCUT2D eigenvalue weighted by molar-refractivity contribution is 6.03. The van der Waals surface area contributed by atoms with Crippen LogP contribution in [0.5, 0.6) is 11.5 Å². The fourth-order valence-electron chi connectivity index (χ4n) is 2.33. The third-order valence-corrected chi connectivity index (χ3v) is 3.53. The quantitative estimate of drug-likeness (QED) is 0.715. The molecule has 6 heteroatoms. The molecule has 1 unspecified atom stereocenters. The maximum Gasteiger partial charge on any atom is 0.346 e. The molecule has 0 spiro atoms. The van der Waals surface area contributed by atoms with E-state index >= 15 is 0 Å². The minimum Gasteiger partial charge on any atom is -0.504 e. The minimum absolute atomic E-state index is 0.197. The van der Waals surface area contributed by atoms with Gasteiger partial charge in [0.1, 0.15) is 11.9 Å². The lowest BCUT2D eigenvalue weighted by atomic mass is 10.0. The van der Waals surface area contributed by atoms with Crippen molar-refractivity contribution in [3.63, 3.8) is 0 Å². The first-order valence-corrected chi connectivity index (χ1v) is 6.23. The number of amidine groups is 1. The van der Waals surface area contributed by atoms with Crippen LogP contribution in [0.3, 0.4) is 0 Å². The largest absolute Gasteiger partial charge is 0.504 e. The van der Waals surface area contributed by atoms with E-state index in [4.69, 9.17) is 5.73 Å². The Labute approximate surface area is 110 Å². The normalized spacial score (nSPS) is 22.7. The van der Waals surface area contributed by atoms with E-state index < -0.39 is 6.04 Å². The zero-order valence-corrected chi connectivity index (χ0v) is 10.3. The Morgan fingerprint density at radius 2 is 2.05 bits per heavy atom. The van der Waals surface area contributed by atoms with Gasteiger partial charge in [-0.2, -0.15) is 4.99 Å². The summed E-state index contributed by atoms with van der Waals surface area (Å²) in [6.07, 6.45) is 2.24. The van der Waals surface area contributed by atoms with Crippen LogP contribution < -0.4 is 5.73 Å². The molecule has 1 heterocycles. The predicted octanol–water partition coefficient (Wildman–Crippen LogP) is 1.34. The summed E-state index contributed by atoms with van der Waals surface area (Å²) in [6, 6.07) is 3.67. The number of benzene rings is 1. The van der Waals surface area contributed by atoms with Crippen LogP contribution >= 0.6 is 0 Å². The molecule has 0 bridgehead atoms. The molecular weight excluding hydrogens is 246 g/mol. The Morgan fingerprint density at radius 1 is 1.32 bits per heavy atom. The molecule has 1 saturated carbocycles. The molecule has 1 aromatic rings. The number of urea groups is 1. The average Bonchev–Trinajstić information content (AvgIpc) is 3.11. The van der Waals surface area contributed by atoms with E-state index in [0.717, 1.165) is 12.8 Å². The van der Waals surface area contributed by atoms with E-state index in [-0.39, 0.29) is 23.4 Å². The van der Waals surface area contributed by atoms with Gasteiger partial charge < -0.3 is 20.8 Å². The number of nitrogens with zero attached hydrogens (tertiary/aromatic N) is 2. The van der Waals surface area contributed by atoms with Gasteiger partial charge in [0.25, 0.3) is 0 Å². The molecule has 100 valence electrons. The first-order valence-electron chi connectivity index (χ1n) is 6.23. The smallest absolute Gasteiger partial charge is 0.346 e. The maximum atomic E-state index is 11.8. The summed E-state index contributed by atoms with van der Waals surface area (Å²) in [5.74, 6) is 0.336. The van der Waals surface area contributed by atoms with E-state index in [1.807, 2.05) is 0 Å². The lowest BCUT2D eigenvalue weighted by Gasteiger charge is -2.24. The molecule has 0 aromatic heterocycles. The predicted molar refractivity (Wildman–Crippen MR) is 69.0 cm³/mol. The van der Waals surface area contributed by atoms with Gasteiger partial charge in [-0.1, -0.05) is 6.07 Å². The van der Waals surface area contributed by atoms with E-state index in [2.05, 4.69) is 4.99 Å². The second-order valence-corrected chi connectivity index (χ2v) is 5.07. The van der Waals surface area contributed by atoms with E-state index in [1.54, 1.807) is 11.0 Å². The Hall–Kier alpha value is -2.24. The molecular formula is C13H15N3O3. The lowest BCUT2D eigenvalue weighted by Crippen LogP contribution is -2.34. The highest BCUT2D eigenvalue weighted by Gasteiger charge is 2.38. The van der Waals surface area contributed by atoms with E-state index in [0.29, 0.717) is 18.0 Å². The molecule has 2 aliphatic rings. The first kappa shape index (κ1) is 11.8. The van der Waals surface area contributed by atoms with Crippen LogP contribution in [0, 0.1) is 5.92 Å². The zero-order valence-electron chi connectivity index (χ0n) is 10.3. The molecule has 0 radical (unpaired) electrons. The van der Waals surface area contributed by atoms with Crippen molar-refractivity contribution in [2.45, 2.75) is 18.9 Å². The molecule has 0 saturated heterocycles. The standard InChI is InChI=1S/C13H15N3O3/c14-12-11(8-3-4-9(17)10(18)5-8)16(13(19)15-12)6-7-1-2-7/h3-5,7,11,17-18H,1-2,6H2,(H2,14,15,19). The van der Waals surface area contributed by atoms with Crippen molar-refractivity contribution in [2.24, 2.45) is 16.6 Å². The Bertz CT molecular complexity index is 566. The molecule has 6 nitrogen and oxygen atoms in total. The summed E-state index contributed by atoms with van der Waals surface area (Å²) in [6.45, 7) is 0.634. The van der Waals surface area contributed by atoms with Crippen LogP contribution in [0.25, 0.3) is 0 Å². The van der Waals surface area contributed by atoms with Crippen molar-refractivity contribution < 1.29 is 15.0 Å². The lowest BCUT2D eigenvalue weighted by molar-refractivity contribution is 0.203. The molecule has 3 rings (SSSR count). The molecule has 1 fully saturated rings. The van der Waals surface area contributed by atoms with Crippen molar-refractivity contribution in [3.8, 4) is 11.5 Å². The number of rotatable bonds is 3. The average molecular weight is 261 g/mol. The number of nitrogens with two attached hydrogens (primary N) is 1. The third kappa shape index (κ3) is 2.09. The Balaban J connectivity index is 1.92. The summed E-state index contributed by atoms with van der Waals surface area (Å²) in [5, 5.41) is 18.9. The van der Waals surface area contributed by atoms with E-state index in [9.17, 15) is 15.0 Å². The molecule has 1 atom stereocenters. The number of aromatic hydroxyl groups is 2. The van der Waals surface area contributed by atoms with Crippen molar-refractivity contribution in [3.05, 3.63) is 23.8 Å². The van der Waals surface area contributed by atoms with Gasteiger partial charge in [0, 0.05) is 6.54 Å². The molecule has 1 aliphatic carbocycles. The van der Waals surface area contributed by atoms with Crippen LogP contribution in [-0.4, -0.2) is 33.5 Å². The summed E-state index contributed by atoms with van der Waals surface area (Å²) < 4.78 is 0. The second kappa shape index (κ2) is 4.15. The summed E-state index contributed by atoms with van der Waals surface area (Å²) in [5.41, 5.74) is 6.48. The Morgan fingerprint density at radius 3 is 2.68 bits per heavy atom. The van der Waals surface area contributed by atoms with Crippen molar-refractivity contribution in [1.82, 2.24) is 4.90 Å². The second-order valence-electron chi connectivity index (χ2n) is 5.07. The summed E-state index contributed by atoms with van der Waals surface area (Å²) in [4.78, 5) is 17.3. The molecule has 4 N–H and O–H groups in total. The highest BCUT2D eigenvalue weighted by Crippen LogP contribution is 2.37. The molecule has 19 heavy (non-hydrogen) atoms. The van der Waals surface area contributed by atoms with Gasteiger partial charge in [-0.25, -0.2) is 4.79 Å². The van der Waals surface area contributed by atoms with Gasteiger partial charge in [0.15, 0.2) is 11.5 Å². The fraction of sp³-hybridized carbons (Fsp3) is 0.385. The maximum absolute atomic E-state index is 11.8. The van der Waals surface area contributed by atoms with Crippen LogP contribution in [0.2, 0.25) is 0 Å². The van der Waals surface area contributed by atoms with Crippen LogP contribution in [0.4, 0.5) is 4.79 Å². The molecule has 1 aliphatic heterocycles. The number of phenols is 2. The van der Waals surface area contributed by atoms with E-state index in [1.165, 1.54) is 12.1 Å². The number of amides is 2. The van der Waals surface area contributed by atoms with Crippen LogP contribution in [0.1, 0.15) is 24.4 Å². The summed E-state index contributed by atoms with van der Waals surface area (Å²) in [7, 11) is 0. The topological polar surface area (TPSA) is 99.2 Å². The fourth-order valence-corrected chi connectivity index (χ4v) is 2.33. The number of phenolic OH excluding ortho intramolecular Hbond substituents is 2. The van der Waals surface area contributed by atoms with Gasteiger partial charge in [-0.15, -0.1) is 0 Å². The molecule has 1 aromatic carbocycles. The summed E-state index contributed by atoms with van der Waals surface area (Å²) >= 11 is 0.